The van der Waals surface area contributed by atoms with E-state index in [0.29, 0.717) is 0 Å². The molecule has 0 spiro atoms. The predicted octanol–water partition coefficient (Wildman–Crippen LogP) is 14.2. The molecule has 266 valence electrons. The second-order valence-corrected chi connectivity index (χ2v) is 16.9. The predicted molar refractivity (Wildman–Crippen MR) is 240 cm³/mol. The molecule has 3 heterocycles. The van der Waals surface area contributed by atoms with Gasteiger partial charge in [-0.25, -0.2) is 0 Å². The Labute approximate surface area is 330 Å². The summed E-state index contributed by atoms with van der Waals surface area (Å²) in [5, 5.41) is 5.28. The first-order valence-corrected chi connectivity index (χ1v) is 20.6. The van der Waals surface area contributed by atoms with Crippen molar-refractivity contribution in [3.63, 3.8) is 0 Å². The highest BCUT2D eigenvalue weighted by molar-refractivity contribution is 7.25. The summed E-state index contributed by atoms with van der Waals surface area (Å²) in [7, 11) is 0. The van der Waals surface area contributed by atoms with E-state index in [-0.39, 0.29) is 11.5 Å². The Morgan fingerprint density at radius 2 is 1.38 bits per heavy atom. The number of benzene rings is 7. The van der Waals surface area contributed by atoms with Crippen LogP contribution in [0.25, 0.3) is 70.4 Å². The molecule has 9 aromatic rings. The molecule has 2 atom stereocenters. The Morgan fingerprint density at radius 3 is 2.30 bits per heavy atom. The van der Waals surface area contributed by atoms with Crippen molar-refractivity contribution in [2.45, 2.75) is 31.2 Å². The molecule has 0 saturated carbocycles. The Morgan fingerprint density at radius 1 is 0.625 bits per heavy atom. The van der Waals surface area contributed by atoms with Crippen molar-refractivity contribution in [2.24, 2.45) is 0 Å². The van der Waals surface area contributed by atoms with Gasteiger partial charge in [0.15, 0.2) is 0 Å². The zero-order chi connectivity index (χ0) is 37.0. The first kappa shape index (κ1) is 31.9. The monoisotopic (exact) mass is 734 g/mol. The topological polar surface area (TPSA) is 8.17 Å². The molecule has 56 heavy (non-hydrogen) atoms. The van der Waals surface area contributed by atoms with Crippen LogP contribution in [0.5, 0.6) is 0 Å². The van der Waals surface area contributed by atoms with Crippen LogP contribution >= 0.6 is 11.3 Å². The van der Waals surface area contributed by atoms with Gasteiger partial charge < -0.3 is 9.47 Å². The van der Waals surface area contributed by atoms with Crippen molar-refractivity contribution in [3.8, 4) is 16.8 Å². The fourth-order valence-electron chi connectivity index (χ4n) is 10.1. The van der Waals surface area contributed by atoms with Gasteiger partial charge >= 0.3 is 0 Å². The third-order valence-electron chi connectivity index (χ3n) is 12.7. The van der Waals surface area contributed by atoms with Crippen molar-refractivity contribution in [1.82, 2.24) is 4.57 Å². The minimum atomic E-state index is -0.215. The zero-order valence-electron chi connectivity index (χ0n) is 31.1. The lowest BCUT2D eigenvalue weighted by atomic mass is 9.73. The van der Waals surface area contributed by atoms with Crippen LogP contribution in [0.2, 0.25) is 0 Å². The number of fused-ring (bicyclic) bond motifs is 10. The molecule has 0 fully saturated rings. The molecule has 12 rings (SSSR count). The summed E-state index contributed by atoms with van der Waals surface area (Å²) >= 11 is 1.88. The molecule has 2 aliphatic carbocycles. The highest BCUT2D eigenvalue weighted by Gasteiger charge is 2.47. The third kappa shape index (κ3) is 4.55. The first-order valence-electron chi connectivity index (χ1n) is 19.8. The van der Waals surface area contributed by atoms with Gasteiger partial charge in [0.25, 0.3) is 0 Å². The van der Waals surface area contributed by atoms with Gasteiger partial charge in [0.1, 0.15) is 0 Å². The summed E-state index contributed by atoms with van der Waals surface area (Å²) in [5.41, 5.74) is 15.3. The van der Waals surface area contributed by atoms with Crippen LogP contribution in [-0.2, 0) is 11.8 Å². The van der Waals surface area contributed by atoms with Crippen LogP contribution in [0.15, 0.2) is 176 Å². The average Bonchev–Trinajstić information content (AvgIpc) is 3.88. The summed E-state index contributed by atoms with van der Waals surface area (Å²) in [6.45, 7) is 2.43. The average molecular weight is 735 g/mol. The lowest BCUT2D eigenvalue weighted by molar-refractivity contribution is 0.553. The fraction of sp³-hybridized carbons (Fsp3) is 0.0943. The van der Waals surface area contributed by atoms with Gasteiger partial charge in [0, 0.05) is 53.4 Å². The van der Waals surface area contributed by atoms with E-state index in [0.717, 1.165) is 12.8 Å². The van der Waals surface area contributed by atoms with E-state index in [1.54, 1.807) is 0 Å². The molecule has 0 saturated heterocycles. The van der Waals surface area contributed by atoms with Gasteiger partial charge in [-0.3, -0.25) is 0 Å². The number of hydrogen-bond donors (Lipinski definition) is 0. The number of allylic oxidation sites excluding steroid dienone is 3. The van der Waals surface area contributed by atoms with E-state index in [1.807, 2.05) is 11.3 Å². The van der Waals surface area contributed by atoms with E-state index < -0.39 is 0 Å². The molecule has 0 N–H and O–H groups in total. The SMILES string of the molecule is CC12C=C(c3ccc4c5ccccc5n(-c5cccc6c5CCC=C6)c4c3)C=CC1N(c1ccc(-c3cccc4sc5ccccc5c34)cc1)c1ccccc12. The Kier molecular flexibility index (Phi) is 6.85. The van der Waals surface area contributed by atoms with E-state index in [2.05, 4.69) is 198 Å². The smallest absolute Gasteiger partial charge is 0.0655 e. The molecular weight excluding hydrogens is 697 g/mol. The molecule has 1 aliphatic heterocycles. The van der Waals surface area contributed by atoms with Crippen LogP contribution in [0.1, 0.15) is 35.6 Å². The fourth-order valence-corrected chi connectivity index (χ4v) is 11.2. The Bertz CT molecular complexity index is 3170. The van der Waals surface area contributed by atoms with Crippen LogP contribution in [-0.4, -0.2) is 10.6 Å². The number of thiophene rings is 1. The summed E-state index contributed by atoms with van der Waals surface area (Å²) in [6.07, 6.45) is 14.1. The van der Waals surface area contributed by atoms with Gasteiger partial charge in [0.2, 0.25) is 0 Å². The molecule has 0 radical (unpaired) electrons. The molecule has 2 aromatic heterocycles. The van der Waals surface area contributed by atoms with Crippen molar-refractivity contribution in [1.29, 1.82) is 0 Å². The molecule has 0 amide bonds. The standard InChI is InChI=1S/C53H38N2S/c1-53-33-37(36-26-30-42-41-15-4-7-19-46(41)55(48(42)32-36)45-21-10-13-34-12-2-3-14-39(34)45)27-31-51(53)54(47-20-8-6-18-44(47)53)38-28-24-35(25-29-38)40-17-11-23-50-52(40)43-16-5-9-22-49(43)56-50/h2,4-13,15-33,51H,3,14H2,1H3. The van der Waals surface area contributed by atoms with E-state index in [4.69, 9.17) is 0 Å². The molecule has 3 heteroatoms. The molecule has 2 nitrogen and oxygen atoms in total. The van der Waals surface area contributed by atoms with E-state index in [9.17, 15) is 0 Å². The first-order chi connectivity index (χ1) is 27.6. The molecule has 7 aromatic carbocycles. The van der Waals surface area contributed by atoms with Crippen LogP contribution in [0.3, 0.4) is 0 Å². The number of para-hydroxylation sites is 2. The zero-order valence-corrected chi connectivity index (χ0v) is 31.9. The minimum Gasteiger partial charge on any atom is -0.333 e. The van der Waals surface area contributed by atoms with Crippen molar-refractivity contribution in [2.75, 3.05) is 4.90 Å². The van der Waals surface area contributed by atoms with Gasteiger partial charge in [0.05, 0.1) is 17.1 Å². The molecular formula is C53H38N2S. The third-order valence-corrected chi connectivity index (χ3v) is 13.8. The Hall–Kier alpha value is -6.42. The summed E-state index contributed by atoms with van der Waals surface area (Å²) in [6, 6.07) is 56.7. The number of hydrogen-bond acceptors (Lipinski definition) is 2. The summed E-state index contributed by atoms with van der Waals surface area (Å²) in [4.78, 5) is 2.55. The van der Waals surface area contributed by atoms with Crippen molar-refractivity contribution >= 4 is 76.3 Å². The van der Waals surface area contributed by atoms with E-state index >= 15 is 0 Å². The quantitative estimate of drug-likeness (QED) is 0.175. The van der Waals surface area contributed by atoms with Crippen LogP contribution < -0.4 is 4.90 Å². The molecule has 3 aliphatic rings. The normalized spacial score (nSPS) is 18.5. The maximum atomic E-state index is 2.55. The molecule has 0 bridgehead atoms. The second kappa shape index (κ2) is 12.0. The van der Waals surface area contributed by atoms with Crippen molar-refractivity contribution < 1.29 is 0 Å². The Balaban J connectivity index is 0.952. The van der Waals surface area contributed by atoms with Crippen molar-refractivity contribution in [3.05, 3.63) is 198 Å². The lowest BCUT2D eigenvalue weighted by Crippen LogP contribution is -2.39. The molecule has 2 unspecified atom stereocenters. The van der Waals surface area contributed by atoms with Gasteiger partial charge in [-0.1, -0.05) is 134 Å². The van der Waals surface area contributed by atoms with Gasteiger partial charge in [-0.2, -0.15) is 0 Å². The van der Waals surface area contributed by atoms with Crippen LogP contribution in [0, 0.1) is 0 Å². The number of anilines is 2. The number of nitrogens with zero attached hydrogens (tertiary/aromatic N) is 2. The largest absolute Gasteiger partial charge is 0.333 e. The number of rotatable bonds is 4. The maximum absolute atomic E-state index is 2.55. The number of aromatic nitrogens is 1. The highest BCUT2D eigenvalue weighted by atomic mass is 32.1. The van der Waals surface area contributed by atoms with Crippen LogP contribution in [0.4, 0.5) is 11.4 Å². The summed E-state index contributed by atoms with van der Waals surface area (Å²) < 4.78 is 5.19. The van der Waals surface area contributed by atoms with Gasteiger partial charge in [-0.05, 0) is 107 Å². The van der Waals surface area contributed by atoms with E-state index in [1.165, 1.54) is 98.0 Å². The van der Waals surface area contributed by atoms with Gasteiger partial charge in [-0.15, -0.1) is 11.3 Å². The summed E-state index contributed by atoms with van der Waals surface area (Å²) in [5.74, 6) is 0. The minimum absolute atomic E-state index is 0.151. The second-order valence-electron chi connectivity index (χ2n) is 15.8. The lowest BCUT2D eigenvalue weighted by Gasteiger charge is -2.36. The maximum Gasteiger partial charge on any atom is 0.0655 e. The highest BCUT2D eigenvalue weighted by Crippen LogP contribution is 2.53.